The van der Waals surface area contributed by atoms with Crippen LogP contribution < -0.4 is 0 Å². The molecule has 0 saturated heterocycles. The first-order chi connectivity index (χ1) is 5.16. The van der Waals surface area contributed by atoms with Gasteiger partial charge in [0.15, 0.2) is 10.3 Å². The van der Waals surface area contributed by atoms with Gasteiger partial charge in [-0.05, 0) is 12.5 Å². The fourth-order valence-electron chi connectivity index (χ4n) is 0.686. The lowest BCUT2D eigenvalue weighted by atomic mass is 10.2. The average Bonchev–Trinajstić information content (AvgIpc) is 1.99. The van der Waals surface area contributed by atoms with Gasteiger partial charge in [-0.15, -0.1) is 10.2 Å². The molecular formula is C6H6Cl2N2O. The van der Waals surface area contributed by atoms with Crippen molar-refractivity contribution >= 4 is 23.2 Å². The zero-order valence-corrected chi connectivity index (χ0v) is 7.32. The molecule has 1 N–H and O–H groups in total. The van der Waals surface area contributed by atoms with Crippen LogP contribution in [0.2, 0.25) is 10.3 Å². The molecule has 0 aromatic carbocycles. The summed E-state index contributed by atoms with van der Waals surface area (Å²) < 4.78 is 0. The molecule has 0 saturated carbocycles. The first-order valence-electron chi connectivity index (χ1n) is 2.94. The lowest BCUT2D eigenvalue weighted by Gasteiger charge is -2.03. The number of aliphatic hydroxyl groups is 1. The topological polar surface area (TPSA) is 46.0 Å². The first-order valence-corrected chi connectivity index (χ1v) is 3.70. The quantitative estimate of drug-likeness (QED) is 0.736. The molecule has 0 unspecified atom stereocenters. The van der Waals surface area contributed by atoms with Gasteiger partial charge in [-0.1, -0.05) is 23.2 Å². The van der Waals surface area contributed by atoms with E-state index in [1.165, 1.54) is 0 Å². The maximum absolute atomic E-state index is 8.81. The smallest absolute Gasteiger partial charge is 0.157 e. The summed E-state index contributed by atoms with van der Waals surface area (Å²) in [5, 5.41) is 16.4. The highest BCUT2D eigenvalue weighted by molar-refractivity contribution is 6.32. The van der Waals surface area contributed by atoms with Gasteiger partial charge in [0.2, 0.25) is 0 Å². The summed E-state index contributed by atoms with van der Waals surface area (Å²) in [6.07, 6.45) is 0. The Bertz CT molecular complexity index is 278. The SMILES string of the molecule is Cc1c(Cl)nnc(Cl)c1CO. The van der Waals surface area contributed by atoms with Crippen molar-refractivity contribution in [3.63, 3.8) is 0 Å². The van der Waals surface area contributed by atoms with Gasteiger partial charge in [0, 0.05) is 5.56 Å². The number of hydrogen-bond donors (Lipinski definition) is 1. The minimum Gasteiger partial charge on any atom is -0.392 e. The third kappa shape index (κ3) is 1.61. The second-order valence-corrected chi connectivity index (χ2v) is 2.76. The van der Waals surface area contributed by atoms with Crippen LogP contribution in [-0.4, -0.2) is 15.3 Å². The van der Waals surface area contributed by atoms with Gasteiger partial charge in [0.05, 0.1) is 6.61 Å². The van der Waals surface area contributed by atoms with Crippen molar-refractivity contribution in [1.82, 2.24) is 10.2 Å². The van der Waals surface area contributed by atoms with Crippen LogP contribution >= 0.6 is 23.2 Å². The third-order valence-electron chi connectivity index (χ3n) is 1.39. The Kier molecular flexibility index (Phi) is 2.65. The fraction of sp³-hybridized carbons (Fsp3) is 0.333. The largest absolute Gasteiger partial charge is 0.392 e. The molecule has 1 rings (SSSR count). The van der Waals surface area contributed by atoms with Gasteiger partial charge < -0.3 is 5.11 Å². The minimum absolute atomic E-state index is 0.167. The van der Waals surface area contributed by atoms with E-state index >= 15 is 0 Å². The molecule has 0 bridgehead atoms. The molecule has 0 aliphatic heterocycles. The van der Waals surface area contributed by atoms with E-state index in [4.69, 9.17) is 28.3 Å². The highest BCUT2D eigenvalue weighted by atomic mass is 35.5. The molecule has 5 heteroatoms. The number of aromatic nitrogens is 2. The van der Waals surface area contributed by atoms with Crippen molar-refractivity contribution in [3.05, 3.63) is 21.4 Å². The van der Waals surface area contributed by atoms with E-state index < -0.39 is 0 Å². The lowest BCUT2D eigenvalue weighted by Crippen LogP contribution is -1.96. The molecule has 0 fully saturated rings. The summed E-state index contributed by atoms with van der Waals surface area (Å²) in [5.74, 6) is 0. The van der Waals surface area contributed by atoms with E-state index in [9.17, 15) is 0 Å². The fourth-order valence-corrected chi connectivity index (χ4v) is 1.08. The molecule has 0 spiro atoms. The number of halogens is 2. The van der Waals surface area contributed by atoms with E-state index in [0.29, 0.717) is 11.1 Å². The Morgan fingerprint density at radius 3 is 2.27 bits per heavy atom. The number of aliphatic hydroxyl groups excluding tert-OH is 1. The van der Waals surface area contributed by atoms with Crippen LogP contribution in [0.3, 0.4) is 0 Å². The van der Waals surface area contributed by atoms with Crippen molar-refractivity contribution in [2.45, 2.75) is 13.5 Å². The summed E-state index contributed by atoms with van der Waals surface area (Å²) in [4.78, 5) is 0. The summed E-state index contributed by atoms with van der Waals surface area (Å²) >= 11 is 11.2. The van der Waals surface area contributed by atoms with Crippen LogP contribution in [0.15, 0.2) is 0 Å². The number of nitrogens with zero attached hydrogens (tertiary/aromatic N) is 2. The number of rotatable bonds is 1. The van der Waals surface area contributed by atoms with E-state index in [2.05, 4.69) is 10.2 Å². The van der Waals surface area contributed by atoms with Crippen LogP contribution in [-0.2, 0) is 6.61 Å². The highest BCUT2D eigenvalue weighted by Gasteiger charge is 2.08. The Morgan fingerprint density at radius 2 is 1.82 bits per heavy atom. The zero-order chi connectivity index (χ0) is 8.43. The van der Waals surface area contributed by atoms with Gasteiger partial charge in [0.1, 0.15) is 0 Å². The van der Waals surface area contributed by atoms with Gasteiger partial charge in [-0.25, -0.2) is 0 Å². The van der Waals surface area contributed by atoms with Gasteiger partial charge in [-0.2, -0.15) is 0 Å². The monoisotopic (exact) mass is 192 g/mol. The third-order valence-corrected chi connectivity index (χ3v) is 2.06. The molecule has 0 amide bonds. The molecule has 60 valence electrons. The second kappa shape index (κ2) is 3.34. The molecule has 1 aromatic heterocycles. The highest BCUT2D eigenvalue weighted by Crippen LogP contribution is 2.21. The first kappa shape index (κ1) is 8.71. The Hall–Kier alpha value is -0.380. The van der Waals surface area contributed by atoms with Crippen LogP contribution in [0.1, 0.15) is 11.1 Å². The van der Waals surface area contributed by atoms with E-state index in [1.54, 1.807) is 6.92 Å². The molecule has 0 atom stereocenters. The summed E-state index contributed by atoms with van der Waals surface area (Å²) in [5.41, 5.74) is 1.21. The molecule has 0 aliphatic carbocycles. The van der Waals surface area contributed by atoms with Gasteiger partial charge in [0.25, 0.3) is 0 Å². The van der Waals surface area contributed by atoms with Crippen LogP contribution in [0, 0.1) is 6.92 Å². The maximum Gasteiger partial charge on any atom is 0.157 e. The van der Waals surface area contributed by atoms with Crippen molar-refractivity contribution < 1.29 is 5.11 Å². The average molecular weight is 193 g/mol. The van der Waals surface area contributed by atoms with Crippen molar-refractivity contribution in [3.8, 4) is 0 Å². The molecular weight excluding hydrogens is 187 g/mol. The van der Waals surface area contributed by atoms with Gasteiger partial charge >= 0.3 is 0 Å². The molecule has 1 heterocycles. The molecule has 0 radical (unpaired) electrons. The Balaban J connectivity index is 3.29. The lowest BCUT2D eigenvalue weighted by molar-refractivity contribution is 0.280. The summed E-state index contributed by atoms with van der Waals surface area (Å²) in [6, 6.07) is 0. The van der Waals surface area contributed by atoms with Crippen LogP contribution in [0.4, 0.5) is 0 Å². The predicted octanol–water partition coefficient (Wildman–Crippen LogP) is 1.58. The molecule has 1 aromatic rings. The normalized spacial score (nSPS) is 10.2. The van der Waals surface area contributed by atoms with Gasteiger partial charge in [-0.3, -0.25) is 0 Å². The van der Waals surface area contributed by atoms with Crippen LogP contribution in [0.5, 0.6) is 0 Å². The molecule has 3 nitrogen and oxygen atoms in total. The van der Waals surface area contributed by atoms with Crippen molar-refractivity contribution in [1.29, 1.82) is 0 Å². The summed E-state index contributed by atoms with van der Waals surface area (Å²) in [6.45, 7) is 1.56. The van der Waals surface area contributed by atoms with Crippen LogP contribution in [0.25, 0.3) is 0 Å². The standard InChI is InChI=1S/C6H6Cl2N2O/c1-3-4(2-11)6(8)10-9-5(3)7/h11H,2H2,1H3. The predicted molar refractivity (Wildman–Crippen MR) is 42.7 cm³/mol. The van der Waals surface area contributed by atoms with E-state index in [1.807, 2.05) is 0 Å². The summed E-state index contributed by atoms with van der Waals surface area (Å²) in [7, 11) is 0. The zero-order valence-electron chi connectivity index (χ0n) is 5.80. The van der Waals surface area contributed by atoms with E-state index in [-0.39, 0.29) is 16.9 Å². The van der Waals surface area contributed by atoms with Crippen molar-refractivity contribution in [2.24, 2.45) is 0 Å². The minimum atomic E-state index is -0.167. The maximum atomic E-state index is 8.81. The Labute approximate surface area is 74.0 Å². The van der Waals surface area contributed by atoms with Crippen molar-refractivity contribution in [2.75, 3.05) is 0 Å². The molecule has 11 heavy (non-hydrogen) atoms. The second-order valence-electron chi connectivity index (χ2n) is 2.04. The van der Waals surface area contributed by atoms with E-state index in [0.717, 1.165) is 0 Å². The Morgan fingerprint density at radius 1 is 1.27 bits per heavy atom. The molecule has 0 aliphatic rings. The number of hydrogen-bond acceptors (Lipinski definition) is 3.